The van der Waals surface area contributed by atoms with Gasteiger partial charge in [0.1, 0.15) is 11.2 Å². The summed E-state index contributed by atoms with van der Waals surface area (Å²) in [5.74, 6) is 4.47. The van der Waals surface area contributed by atoms with E-state index in [1.54, 1.807) is 72.7 Å². The van der Waals surface area contributed by atoms with Crippen molar-refractivity contribution in [2.75, 3.05) is 4.90 Å². The highest BCUT2D eigenvalue weighted by Crippen LogP contribution is 2.48. The summed E-state index contributed by atoms with van der Waals surface area (Å²) in [7, 11) is 0. The van der Waals surface area contributed by atoms with E-state index in [1.807, 2.05) is 30.3 Å². The molecule has 35 heavy (non-hydrogen) atoms. The van der Waals surface area contributed by atoms with E-state index >= 15 is 0 Å². The molecule has 1 heterocycles. The molecule has 184 valence electrons. The molecule has 0 spiro atoms. The van der Waals surface area contributed by atoms with Gasteiger partial charge in [0, 0.05) is 11.1 Å². The van der Waals surface area contributed by atoms with Crippen molar-refractivity contribution < 1.29 is 28.6 Å². The van der Waals surface area contributed by atoms with E-state index in [2.05, 4.69) is 11.8 Å². The van der Waals surface area contributed by atoms with Gasteiger partial charge in [0.25, 0.3) is 5.91 Å². The molecule has 0 N–H and O–H groups in total. The number of hydrogen-bond acceptors (Lipinski definition) is 6. The first kappa shape index (κ1) is 25.8. The Morgan fingerprint density at radius 2 is 1.46 bits per heavy atom. The van der Waals surface area contributed by atoms with Crippen LogP contribution in [-0.2, 0) is 24.6 Å². The second-order valence-electron chi connectivity index (χ2n) is 10.3. The Labute approximate surface area is 206 Å². The third-order valence-electron chi connectivity index (χ3n) is 5.09. The van der Waals surface area contributed by atoms with Crippen molar-refractivity contribution in [3.63, 3.8) is 0 Å². The first-order valence-corrected chi connectivity index (χ1v) is 11.4. The summed E-state index contributed by atoms with van der Waals surface area (Å²) in [6.45, 7) is 11.9. The molecule has 0 fully saturated rings. The molecule has 0 saturated heterocycles. The van der Waals surface area contributed by atoms with Crippen LogP contribution in [0.1, 0.15) is 59.6 Å². The summed E-state index contributed by atoms with van der Waals surface area (Å²) < 4.78 is 16.7. The van der Waals surface area contributed by atoms with Crippen LogP contribution in [0.3, 0.4) is 0 Å². The Morgan fingerprint density at radius 3 is 2.06 bits per heavy atom. The van der Waals surface area contributed by atoms with E-state index < -0.39 is 40.9 Å². The van der Waals surface area contributed by atoms with Crippen molar-refractivity contribution in [3.05, 3.63) is 65.7 Å². The number of fused-ring (bicyclic) bond motifs is 1. The number of carbonyl (C=O) groups is 3. The summed E-state index contributed by atoms with van der Waals surface area (Å²) in [4.78, 5) is 40.9. The van der Waals surface area contributed by atoms with Gasteiger partial charge >= 0.3 is 12.2 Å². The topological polar surface area (TPSA) is 82.1 Å². The van der Waals surface area contributed by atoms with E-state index in [1.165, 1.54) is 0 Å². The highest BCUT2D eigenvalue weighted by Gasteiger charge is 2.60. The van der Waals surface area contributed by atoms with Gasteiger partial charge in [-0.05, 0) is 66.7 Å². The van der Waals surface area contributed by atoms with E-state index in [-0.39, 0.29) is 5.69 Å². The standard InChI is InChI=1S/C28H31NO6/c1-19(17-18-20-13-9-8-10-14-20)28(35-25(32)34-27(5,6)7)21-15-11-12-16-22(21)29(23(28)30)24(31)33-26(2,3)4/h8-16,19H,1-7H3/t19-,28+/m1/s1. The second-order valence-corrected chi connectivity index (χ2v) is 10.3. The number of imide groups is 1. The normalized spacial score (nSPS) is 18.1. The van der Waals surface area contributed by atoms with Crippen molar-refractivity contribution >= 4 is 23.8 Å². The molecule has 0 aromatic heterocycles. The smallest absolute Gasteiger partial charge is 0.443 e. The highest BCUT2D eigenvalue weighted by molar-refractivity contribution is 6.21. The zero-order chi connectivity index (χ0) is 26.0. The van der Waals surface area contributed by atoms with Crippen LogP contribution < -0.4 is 4.90 Å². The van der Waals surface area contributed by atoms with Crippen LogP contribution in [-0.4, -0.2) is 29.4 Å². The van der Waals surface area contributed by atoms with Gasteiger partial charge in [0.2, 0.25) is 5.60 Å². The lowest BCUT2D eigenvalue weighted by Gasteiger charge is -2.32. The average molecular weight is 478 g/mol. The Bertz CT molecular complexity index is 1180. The fourth-order valence-corrected chi connectivity index (χ4v) is 3.68. The molecule has 7 heteroatoms. The van der Waals surface area contributed by atoms with Crippen molar-refractivity contribution in [1.82, 2.24) is 0 Å². The van der Waals surface area contributed by atoms with Crippen LogP contribution in [0.25, 0.3) is 0 Å². The van der Waals surface area contributed by atoms with Crippen molar-refractivity contribution in [2.24, 2.45) is 5.92 Å². The van der Waals surface area contributed by atoms with Crippen molar-refractivity contribution in [1.29, 1.82) is 0 Å². The molecular formula is C28H31NO6. The van der Waals surface area contributed by atoms with Crippen molar-refractivity contribution in [2.45, 2.75) is 65.3 Å². The Hall–Kier alpha value is -3.79. The van der Waals surface area contributed by atoms with E-state index in [0.29, 0.717) is 5.56 Å². The molecule has 2 atom stereocenters. The Balaban J connectivity index is 2.15. The SMILES string of the molecule is C[C@H](C#Cc1ccccc1)[C@@]1(OC(=O)OC(C)(C)C)C(=O)N(C(=O)OC(C)(C)C)c2ccccc21. The summed E-state index contributed by atoms with van der Waals surface area (Å²) in [6.07, 6.45) is -1.91. The fourth-order valence-electron chi connectivity index (χ4n) is 3.68. The van der Waals surface area contributed by atoms with Crippen LogP contribution >= 0.6 is 0 Å². The van der Waals surface area contributed by atoms with Gasteiger partial charge in [0.15, 0.2) is 0 Å². The maximum atomic E-state index is 14.0. The molecule has 0 bridgehead atoms. The minimum absolute atomic E-state index is 0.267. The molecule has 3 rings (SSSR count). The van der Waals surface area contributed by atoms with Gasteiger partial charge in [-0.15, -0.1) is 0 Å². The van der Waals surface area contributed by atoms with E-state index in [4.69, 9.17) is 14.2 Å². The lowest BCUT2D eigenvalue weighted by molar-refractivity contribution is -0.145. The zero-order valence-corrected chi connectivity index (χ0v) is 21.2. The van der Waals surface area contributed by atoms with Gasteiger partial charge in [-0.25, -0.2) is 14.5 Å². The lowest BCUT2D eigenvalue weighted by Crippen LogP contribution is -2.50. The van der Waals surface area contributed by atoms with Gasteiger partial charge in [0.05, 0.1) is 11.6 Å². The van der Waals surface area contributed by atoms with Gasteiger partial charge in [-0.2, -0.15) is 0 Å². The maximum Gasteiger partial charge on any atom is 0.510 e. The molecule has 1 aliphatic heterocycles. The maximum absolute atomic E-state index is 14.0. The molecule has 0 unspecified atom stereocenters. The van der Waals surface area contributed by atoms with Crippen LogP contribution in [0.5, 0.6) is 0 Å². The molecule has 2 aromatic rings. The van der Waals surface area contributed by atoms with Gasteiger partial charge in [-0.3, -0.25) is 4.79 Å². The lowest BCUT2D eigenvalue weighted by atomic mass is 9.83. The molecule has 7 nitrogen and oxygen atoms in total. The molecular weight excluding hydrogens is 446 g/mol. The van der Waals surface area contributed by atoms with Crippen LogP contribution in [0.15, 0.2) is 54.6 Å². The third-order valence-corrected chi connectivity index (χ3v) is 5.09. The summed E-state index contributed by atoms with van der Waals surface area (Å²) in [5.41, 5.74) is -2.29. The molecule has 2 amide bonds. The predicted molar refractivity (Wildman–Crippen MR) is 132 cm³/mol. The number of hydrogen-bond donors (Lipinski definition) is 0. The van der Waals surface area contributed by atoms with Gasteiger partial charge < -0.3 is 14.2 Å². The number of para-hydroxylation sites is 1. The molecule has 0 saturated carbocycles. The minimum Gasteiger partial charge on any atom is -0.443 e. The Kier molecular flexibility index (Phi) is 6.98. The summed E-state index contributed by atoms with van der Waals surface area (Å²) >= 11 is 0. The number of ether oxygens (including phenoxy) is 3. The molecule has 0 aliphatic carbocycles. The summed E-state index contributed by atoms with van der Waals surface area (Å²) in [6, 6.07) is 15.9. The van der Waals surface area contributed by atoms with E-state index in [0.717, 1.165) is 10.5 Å². The number of anilines is 1. The quantitative estimate of drug-likeness (QED) is 0.401. The van der Waals surface area contributed by atoms with Gasteiger partial charge in [-0.1, -0.05) is 48.2 Å². The molecule has 2 aromatic carbocycles. The number of carbonyl (C=O) groups excluding carboxylic acids is 3. The predicted octanol–water partition coefficient (Wildman–Crippen LogP) is 5.80. The van der Waals surface area contributed by atoms with Crippen LogP contribution in [0.4, 0.5) is 15.3 Å². The third kappa shape index (κ3) is 5.65. The van der Waals surface area contributed by atoms with Crippen molar-refractivity contribution in [3.8, 4) is 11.8 Å². The highest BCUT2D eigenvalue weighted by atomic mass is 16.7. The average Bonchev–Trinajstić information content (AvgIpc) is 2.99. The second kappa shape index (κ2) is 9.46. The largest absolute Gasteiger partial charge is 0.510 e. The first-order valence-electron chi connectivity index (χ1n) is 11.4. The van der Waals surface area contributed by atoms with Crippen LogP contribution in [0.2, 0.25) is 0 Å². The monoisotopic (exact) mass is 477 g/mol. The molecule has 0 radical (unpaired) electrons. The molecule has 1 aliphatic rings. The van der Waals surface area contributed by atoms with Crippen LogP contribution in [0, 0.1) is 17.8 Å². The number of amides is 2. The zero-order valence-electron chi connectivity index (χ0n) is 21.2. The first-order chi connectivity index (χ1) is 16.2. The fraction of sp³-hybridized carbons (Fsp3) is 0.393. The summed E-state index contributed by atoms with van der Waals surface area (Å²) in [5, 5.41) is 0. The number of benzene rings is 2. The number of rotatable bonds is 2. The minimum atomic E-state index is -1.92. The number of nitrogens with zero attached hydrogens (tertiary/aromatic N) is 1. The van der Waals surface area contributed by atoms with E-state index in [9.17, 15) is 14.4 Å². The Morgan fingerprint density at radius 1 is 0.886 bits per heavy atom.